The van der Waals surface area contributed by atoms with Gasteiger partial charge in [0.2, 0.25) is 0 Å². The van der Waals surface area contributed by atoms with Gasteiger partial charge in [0, 0.05) is 11.8 Å². The van der Waals surface area contributed by atoms with Crippen LogP contribution in [0.4, 0.5) is 0 Å². The molecule has 0 atom stereocenters. The number of aromatic nitrogens is 1. The van der Waals surface area contributed by atoms with Crippen LogP contribution in [0, 0.1) is 12.3 Å². The molecule has 1 aromatic heterocycles. The summed E-state index contributed by atoms with van der Waals surface area (Å²) < 4.78 is 0. The summed E-state index contributed by atoms with van der Waals surface area (Å²) in [6.45, 7) is 6.32. The van der Waals surface area contributed by atoms with Crippen LogP contribution in [0.15, 0.2) is 12.3 Å². The number of nitrogens with one attached hydrogen (secondary N) is 1. The van der Waals surface area contributed by atoms with Crippen molar-refractivity contribution in [3.63, 3.8) is 0 Å². The molecule has 0 aliphatic carbocycles. The fraction of sp³-hybridized carbons (Fsp3) is 0.333. The van der Waals surface area contributed by atoms with E-state index in [1.807, 2.05) is 19.2 Å². The second-order valence-corrected chi connectivity index (χ2v) is 3.33. The summed E-state index contributed by atoms with van der Waals surface area (Å²) in [6.07, 6.45) is 11.4. The molecule has 0 bridgehead atoms. The van der Waals surface area contributed by atoms with Crippen LogP contribution in [0.5, 0.6) is 0 Å². The van der Waals surface area contributed by atoms with Gasteiger partial charge >= 0.3 is 0 Å². The Bertz CT molecular complexity index is 348. The minimum absolute atomic E-state index is 0.504. The first-order chi connectivity index (χ1) is 6.20. The zero-order valence-electron chi connectivity index (χ0n) is 8.39. The lowest BCUT2D eigenvalue weighted by Gasteiger charge is -2.03. The van der Waals surface area contributed by atoms with E-state index >= 15 is 0 Å². The van der Waals surface area contributed by atoms with Crippen LogP contribution in [0.2, 0.25) is 0 Å². The molecule has 1 heterocycles. The van der Waals surface area contributed by atoms with Crippen LogP contribution in [-0.2, 0) is 0 Å². The Kier molecular flexibility index (Phi) is 2.97. The van der Waals surface area contributed by atoms with Crippen LogP contribution >= 0.6 is 0 Å². The molecule has 13 heavy (non-hydrogen) atoms. The van der Waals surface area contributed by atoms with E-state index in [4.69, 9.17) is 6.42 Å². The molecule has 1 rings (SSSR count). The zero-order chi connectivity index (χ0) is 9.84. The number of hydrogen-bond donors (Lipinski definition) is 1. The van der Waals surface area contributed by atoms with Crippen molar-refractivity contribution in [3.05, 3.63) is 29.1 Å². The van der Waals surface area contributed by atoms with Gasteiger partial charge < -0.3 is 4.98 Å². The predicted molar refractivity (Wildman–Crippen MR) is 57.5 cm³/mol. The van der Waals surface area contributed by atoms with Crippen LogP contribution in [-0.4, -0.2) is 4.98 Å². The van der Waals surface area contributed by atoms with Crippen molar-refractivity contribution in [2.45, 2.75) is 26.7 Å². The highest BCUT2D eigenvalue weighted by Crippen LogP contribution is 2.23. The van der Waals surface area contributed by atoms with Crippen LogP contribution in [0.1, 0.15) is 43.5 Å². The molecular formula is C12H15N. The van der Waals surface area contributed by atoms with Gasteiger partial charge in [-0.1, -0.05) is 31.9 Å². The fourth-order valence-electron chi connectivity index (χ4n) is 1.39. The average molecular weight is 173 g/mol. The zero-order valence-corrected chi connectivity index (χ0v) is 8.39. The lowest BCUT2D eigenvalue weighted by molar-refractivity contribution is 0.866. The van der Waals surface area contributed by atoms with Crippen molar-refractivity contribution >= 4 is 6.08 Å². The van der Waals surface area contributed by atoms with E-state index in [9.17, 15) is 0 Å². The molecular weight excluding hydrogens is 158 g/mol. The molecule has 0 amide bonds. The number of hydrogen-bond acceptors (Lipinski definition) is 0. The van der Waals surface area contributed by atoms with E-state index in [2.05, 4.69) is 30.8 Å². The molecule has 1 heteroatoms. The molecule has 0 saturated heterocycles. The molecule has 1 aromatic rings. The van der Waals surface area contributed by atoms with Gasteiger partial charge in [-0.3, -0.25) is 0 Å². The van der Waals surface area contributed by atoms with E-state index in [-0.39, 0.29) is 0 Å². The summed E-state index contributed by atoms with van der Waals surface area (Å²) >= 11 is 0. The van der Waals surface area contributed by atoms with Gasteiger partial charge in [-0.2, -0.15) is 0 Å². The molecule has 0 aromatic carbocycles. The lowest BCUT2D eigenvalue weighted by Crippen LogP contribution is -1.87. The first-order valence-electron chi connectivity index (χ1n) is 4.51. The number of allylic oxidation sites excluding steroid dienone is 1. The third kappa shape index (κ3) is 1.84. The van der Waals surface area contributed by atoms with Gasteiger partial charge in [-0.25, -0.2) is 0 Å². The number of rotatable bonds is 2. The normalized spacial score (nSPS) is 11.0. The van der Waals surface area contributed by atoms with E-state index in [0.717, 1.165) is 11.3 Å². The summed E-state index contributed by atoms with van der Waals surface area (Å²) in [5.41, 5.74) is 3.31. The van der Waals surface area contributed by atoms with Crippen LogP contribution in [0.3, 0.4) is 0 Å². The highest BCUT2D eigenvalue weighted by Gasteiger charge is 2.09. The standard InChI is InChI=1S/C12H15N/c1-5-7-10-11(9(3)4)8-13-12(10)6-2/h2,5,7-9,13H,1,3-4H3/b7-5-. The van der Waals surface area contributed by atoms with E-state index in [1.54, 1.807) is 0 Å². The Morgan fingerprint density at radius 1 is 1.54 bits per heavy atom. The predicted octanol–water partition coefficient (Wildman–Crippen LogP) is 3.15. The van der Waals surface area contributed by atoms with Crippen molar-refractivity contribution in [1.29, 1.82) is 0 Å². The molecule has 0 aliphatic heterocycles. The second kappa shape index (κ2) is 4.00. The maximum atomic E-state index is 5.38. The minimum atomic E-state index is 0.504. The highest BCUT2D eigenvalue weighted by molar-refractivity contribution is 5.61. The lowest BCUT2D eigenvalue weighted by atomic mass is 10.0. The number of aromatic amines is 1. The van der Waals surface area contributed by atoms with Crippen molar-refractivity contribution in [1.82, 2.24) is 4.98 Å². The van der Waals surface area contributed by atoms with Gasteiger partial charge in [0.25, 0.3) is 0 Å². The molecule has 0 spiro atoms. The Hall–Kier alpha value is -1.42. The third-order valence-corrected chi connectivity index (χ3v) is 2.05. The largest absolute Gasteiger partial charge is 0.354 e. The molecule has 0 fully saturated rings. The first-order valence-corrected chi connectivity index (χ1v) is 4.51. The minimum Gasteiger partial charge on any atom is -0.354 e. The quantitative estimate of drug-likeness (QED) is 0.661. The van der Waals surface area contributed by atoms with Crippen molar-refractivity contribution in [2.75, 3.05) is 0 Å². The number of H-pyrrole nitrogens is 1. The Morgan fingerprint density at radius 3 is 2.69 bits per heavy atom. The average Bonchev–Trinajstić information content (AvgIpc) is 2.48. The Labute approximate surface area is 79.9 Å². The number of terminal acetylenes is 1. The van der Waals surface area contributed by atoms with Crippen molar-refractivity contribution in [3.8, 4) is 12.3 Å². The maximum Gasteiger partial charge on any atom is 0.0966 e. The Balaban J connectivity index is 3.23. The summed E-state index contributed by atoms with van der Waals surface area (Å²) in [5.74, 6) is 3.15. The van der Waals surface area contributed by atoms with Gasteiger partial charge in [0.05, 0.1) is 5.69 Å². The summed E-state index contributed by atoms with van der Waals surface area (Å²) in [4.78, 5) is 3.10. The van der Waals surface area contributed by atoms with Gasteiger partial charge in [-0.05, 0) is 18.4 Å². The third-order valence-electron chi connectivity index (χ3n) is 2.05. The highest BCUT2D eigenvalue weighted by atomic mass is 14.7. The molecule has 0 radical (unpaired) electrons. The van der Waals surface area contributed by atoms with Crippen LogP contribution < -0.4 is 0 Å². The molecule has 0 saturated carbocycles. The molecule has 1 nitrogen and oxygen atoms in total. The van der Waals surface area contributed by atoms with Gasteiger partial charge in [0.1, 0.15) is 0 Å². The maximum absolute atomic E-state index is 5.38. The summed E-state index contributed by atoms with van der Waals surface area (Å²) in [6, 6.07) is 0. The summed E-state index contributed by atoms with van der Waals surface area (Å²) in [7, 11) is 0. The van der Waals surface area contributed by atoms with E-state index in [0.29, 0.717) is 5.92 Å². The van der Waals surface area contributed by atoms with E-state index < -0.39 is 0 Å². The molecule has 0 unspecified atom stereocenters. The monoisotopic (exact) mass is 173 g/mol. The molecule has 68 valence electrons. The summed E-state index contributed by atoms with van der Waals surface area (Å²) in [5, 5.41) is 0. The fourth-order valence-corrected chi connectivity index (χ4v) is 1.39. The van der Waals surface area contributed by atoms with Crippen molar-refractivity contribution in [2.24, 2.45) is 0 Å². The first kappa shape index (κ1) is 9.67. The Morgan fingerprint density at radius 2 is 2.23 bits per heavy atom. The van der Waals surface area contributed by atoms with Gasteiger partial charge in [0.15, 0.2) is 0 Å². The molecule has 0 aliphatic rings. The van der Waals surface area contributed by atoms with E-state index in [1.165, 1.54) is 5.56 Å². The van der Waals surface area contributed by atoms with Crippen molar-refractivity contribution < 1.29 is 0 Å². The molecule has 1 N–H and O–H groups in total. The van der Waals surface area contributed by atoms with Gasteiger partial charge in [-0.15, -0.1) is 6.42 Å². The smallest absolute Gasteiger partial charge is 0.0966 e. The topological polar surface area (TPSA) is 15.8 Å². The van der Waals surface area contributed by atoms with Crippen LogP contribution in [0.25, 0.3) is 6.08 Å². The second-order valence-electron chi connectivity index (χ2n) is 3.33. The SMILES string of the molecule is C#Cc1[nH]cc(C(C)C)c1/C=C\C.